The van der Waals surface area contributed by atoms with Gasteiger partial charge >= 0.3 is 0 Å². The van der Waals surface area contributed by atoms with Gasteiger partial charge in [-0.1, -0.05) is 0 Å². The van der Waals surface area contributed by atoms with Crippen LogP contribution < -0.4 is 5.32 Å². The van der Waals surface area contributed by atoms with Crippen LogP contribution in [0.4, 0.5) is 0 Å². The van der Waals surface area contributed by atoms with E-state index in [1.165, 1.54) is 0 Å². The van der Waals surface area contributed by atoms with Crippen LogP contribution in [0.3, 0.4) is 0 Å². The van der Waals surface area contributed by atoms with Gasteiger partial charge in [0.05, 0.1) is 12.6 Å². The number of rotatable bonds is 5. The lowest BCUT2D eigenvalue weighted by Gasteiger charge is -2.17. The minimum atomic E-state index is -0.143. The quantitative estimate of drug-likeness (QED) is 0.741. The second-order valence-electron chi connectivity index (χ2n) is 3.68. The molecule has 1 amide bonds. The number of nitrogens with one attached hydrogen (secondary N) is 1. The lowest BCUT2D eigenvalue weighted by molar-refractivity contribution is -0.130. The molecule has 1 atom stereocenters. The Morgan fingerprint density at radius 1 is 1.60 bits per heavy atom. The van der Waals surface area contributed by atoms with E-state index in [1.807, 2.05) is 23.9 Å². The summed E-state index contributed by atoms with van der Waals surface area (Å²) in [4.78, 5) is 13.1. The van der Waals surface area contributed by atoms with Gasteiger partial charge < -0.3 is 10.2 Å². The van der Waals surface area contributed by atoms with Gasteiger partial charge in [0.2, 0.25) is 5.91 Å². The van der Waals surface area contributed by atoms with Gasteiger partial charge in [-0.15, -0.1) is 0 Å². The standard InChI is InChI=1S/C10H18N4O/c1-9(10(15)13(2)3)11-6-8-14-7-4-5-12-14/h4-5,7,9,11H,6,8H2,1-3H3. The Hall–Kier alpha value is -1.36. The van der Waals surface area contributed by atoms with Crippen molar-refractivity contribution in [2.24, 2.45) is 0 Å². The van der Waals surface area contributed by atoms with E-state index in [0.29, 0.717) is 0 Å². The van der Waals surface area contributed by atoms with Crippen LogP contribution in [0.2, 0.25) is 0 Å². The molecule has 0 aliphatic heterocycles. The maximum atomic E-state index is 11.5. The Kier molecular flexibility index (Phi) is 4.30. The molecule has 1 unspecified atom stereocenters. The summed E-state index contributed by atoms with van der Waals surface area (Å²) in [6, 6.07) is 1.74. The van der Waals surface area contributed by atoms with Crippen molar-refractivity contribution < 1.29 is 4.79 Å². The highest BCUT2D eigenvalue weighted by Crippen LogP contribution is 1.89. The summed E-state index contributed by atoms with van der Waals surface area (Å²) in [6.07, 6.45) is 3.65. The maximum Gasteiger partial charge on any atom is 0.238 e. The van der Waals surface area contributed by atoms with Crippen molar-refractivity contribution in [1.82, 2.24) is 20.0 Å². The molecule has 0 saturated carbocycles. The van der Waals surface area contributed by atoms with Crippen LogP contribution in [0.5, 0.6) is 0 Å². The zero-order valence-corrected chi connectivity index (χ0v) is 9.47. The molecule has 0 spiro atoms. The molecular formula is C10H18N4O. The van der Waals surface area contributed by atoms with Crippen LogP contribution in [0, 0.1) is 0 Å². The first-order valence-electron chi connectivity index (χ1n) is 5.03. The smallest absolute Gasteiger partial charge is 0.238 e. The zero-order chi connectivity index (χ0) is 11.3. The third kappa shape index (κ3) is 3.71. The van der Waals surface area contributed by atoms with E-state index < -0.39 is 0 Å². The lowest BCUT2D eigenvalue weighted by Crippen LogP contribution is -2.42. The van der Waals surface area contributed by atoms with Crippen molar-refractivity contribution in [1.29, 1.82) is 0 Å². The van der Waals surface area contributed by atoms with Crippen LogP contribution in [-0.4, -0.2) is 47.3 Å². The number of hydrogen-bond acceptors (Lipinski definition) is 3. The third-order valence-electron chi connectivity index (χ3n) is 2.16. The first kappa shape index (κ1) is 11.7. The average Bonchev–Trinajstić information content (AvgIpc) is 2.69. The van der Waals surface area contributed by atoms with Gasteiger partial charge in [0.15, 0.2) is 0 Å². The molecule has 0 aliphatic carbocycles. The topological polar surface area (TPSA) is 50.2 Å². The number of amides is 1. The van der Waals surface area contributed by atoms with Crippen molar-refractivity contribution in [3.05, 3.63) is 18.5 Å². The van der Waals surface area contributed by atoms with Crippen molar-refractivity contribution in [3.8, 4) is 0 Å². The molecule has 1 N–H and O–H groups in total. The summed E-state index contributed by atoms with van der Waals surface area (Å²) in [5.74, 6) is 0.0930. The van der Waals surface area contributed by atoms with E-state index in [2.05, 4.69) is 10.4 Å². The molecule has 1 aromatic heterocycles. The predicted octanol–water partition coefficient (Wildman–Crippen LogP) is -0.0506. The zero-order valence-electron chi connectivity index (χ0n) is 9.47. The molecule has 1 heterocycles. The molecule has 5 heteroatoms. The number of likely N-dealkylation sites (N-methyl/N-ethyl adjacent to an activating group) is 1. The summed E-state index contributed by atoms with van der Waals surface area (Å²) >= 11 is 0. The van der Waals surface area contributed by atoms with Crippen LogP contribution in [0.1, 0.15) is 6.92 Å². The molecule has 0 aromatic carbocycles. The molecule has 1 rings (SSSR count). The Bertz CT molecular complexity index is 294. The molecule has 0 bridgehead atoms. The molecule has 84 valence electrons. The van der Waals surface area contributed by atoms with Crippen molar-refractivity contribution in [2.75, 3.05) is 20.6 Å². The summed E-state index contributed by atoms with van der Waals surface area (Å²) in [7, 11) is 3.52. The van der Waals surface area contributed by atoms with E-state index >= 15 is 0 Å². The second kappa shape index (κ2) is 5.50. The fourth-order valence-corrected chi connectivity index (χ4v) is 1.30. The highest BCUT2D eigenvalue weighted by Gasteiger charge is 2.13. The molecule has 0 aliphatic rings. The largest absolute Gasteiger partial charge is 0.347 e. The van der Waals surface area contributed by atoms with Gasteiger partial charge in [0.25, 0.3) is 0 Å². The predicted molar refractivity (Wildman–Crippen MR) is 58.4 cm³/mol. The summed E-state index contributed by atoms with van der Waals surface area (Å²) < 4.78 is 1.83. The lowest BCUT2D eigenvalue weighted by atomic mass is 10.3. The first-order chi connectivity index (χ1) is 7.11. The van der Waals surface area contributed by atoms with E-state index in [9.17, 15) is 4.79 Å². The summed E-state index contributed by atoms with van der Waals surface area (Å²) in [5, 5.41) is 7.22. The molecule has 1 aromatic rings. The van der Waals surface area contributed by atoms with E-state index in [4.69, 9.17) is 0 Å². The maximum absolute atomic E-state index is 11.5. The van der Waals surface area contributed by atoms with E-state index in [0.717, 1.165) is 13.1 Å². The van der Waals surface area contributed by atoms with Crippen LogP contribution >= 0.6 is 0 Å². The molecular weight excluding hydrogens is 192 g/mol. The third-order valence-corrected chi connectivity index (χ3v) is 2.16. The minimum Gasteiger partial charge on any atom is -0.347 e. The normalized spacial score (nSPS) is 12.5. The van der Waals surface area contributed by atoms with Crippen molar-refractivity contribution in [2.45, 2.75) is 19.5 Å². The van der Waals surface area contributed by atoms with Gasteiger partial charge in [0, 0.05) is 33.0 Å². The van der Waals surface area contributed by atoms with E-state index in [-0.39, 0.29) is 11.9 Å². The monoisotopic (exact) mass is 210 g/mol. The van der Waals surface area contributed by atoms with Crippen molar-refractivity contribution >= 4 is 5.91 Å². The molecule has 0 radical (unpaired) electrons. The Morgan fingerprint density at radius 3 is 2.87 bits per heavy atom. The highest BCUT2D eigenvalue weighted by molar-refractivity contribution is 5.80. The fraction of sp³-hybridized carbons (Fsp3) is 0.600. The highest BCUT2D eigenvalue weighted by atomic mass is 16.2. The Morgan fingerprint density at radius 2 is 2.33 bits per heavy atom. The molecule has 15 heavy (non-hydrogen) atoms. The van der Waals surface area contributed by atoms with Crippen molar-refractivity contribution in [3.63, 3.8) is 0 Å². The van der Waals surface area contributed by atoms with Gasteiger partial charge in [-0.2, -0.15) is 5.10 Å². The molecule has 0 saturated heterocycles. The number of aromatic nitrogens is 2. The SMILES string of the molecule is CC(NCCn1cccn1)C(=O)N(C)C. The van der Waals surface area contributed by atoms with Gasteiger partial charge in [-0.05, 0) is 13.0 Å². The van der Waals surface area contributed by atoms with E-state index in [1.54, 1.807) is 25.2 Å². The van der Waals surface area contributed by atoms with Gasteiger partial charge in [0.1, 0.15) is 0 Å². The van der Waals surface area contributed by atoms with Crippen LogP contribution in [0.25, 0.3) is 0 Å². The number of hydrogen-bond donors (Lipinski definition) is 1. The second-order valence-corrected chi connectivity index (χ2v) is 3.68. The van der Waals surface area contributed by atoms with Crippen LogP contribution in [0.15, 0.2) is 18.5 Å². The minimum absolute atomic E-state index is 0.0930. The van der Waals surface area contributed by atoms with Crippen LogP contribution in [-0.2, 0) is 11.3 Å². The Balaban J connectivity index is 2.23. The fourth-order valence-electron chi connectivity index (χ4n) is 1.30. The average molecular weight is 210 g/mol. The molecule has 0 fully saturated rings. The summed E-state index contributed by atoms with van der Waals surface area (Å²) in [6.45, 7) is 3.38. The van der Waals surface area contributed by atoms with Gasteiger partial charge in [-0.3, -0.25) is 9.48 Å². The summed E-state index contributed by atoms with van der Waals surface area (Å²) in [5.41, 5.74) is 0. The number of carbonyl (C=O) groups is 1. The number of carbonyl (C=O) groups excluding carboxylic acids is 1. The van der Waals surface area contributed by atoms with Gasteiger partial charge in [-0.25, -0.2) is 0 Å². The Labute approximate surface area is 90.1 Å². The first-order valence-corrected chi connectivity index (χ1v) is 5.03. The molecule has 5 nitrogen and oxygen atoms in total. The number of nitrogens with zero attached hydrogens (tertiary/aromatic N) is 3.